The van der Waals surface area contributed by atoms with E-state index in [1.54, 1.807) is 12.4 Å². The predicted molar refractivity (Wildman–Crippen MR) is 88.5 cm³/mol. The zero-order chi connectivity index (χ0) is 16.4. The number of aromatic nitrogens is 3. The van der Waals surface area contributed by atoms with Gasteiger partial charge in [0.25, 0.3) is 0 Å². The van der Waals surface area contributed by atoms with Crippen molar-refractivity contribution in [2.75, 3.05) is 11.9 Å². The van der Waals surface area contributed by atoms with E-state index in [0.717, 1.165) is 30.5 Å². The second-order valence-electron chi connectivity index (χ2n) is 6.26. The molecule has 1 aliphatic heterocycles. The van der Waals surface area contributed by atoms with Crippen LogP contribution >= 0.6 is 0 Å². The minimum Gasteiger partial charge on any atom is -0.376 e. The van der Waals surface area contributed by atoms with E-state index in [0.29, 0.717) is 5.69 Å². The van der Waals surface area contributed by atoms with E-state index < -0.39 is 0 Å². The quantitative estimate of drug-likeness (QED) is 0.908. The molecule has 2 aromatic rings. The molecule has 2 aromatic heterocycles. The summed E-state index contributed by atoms with van der Waals surface area (Å²) in [6.45, 7) is 6.85. The van der Waals surface area contributed by atoms with Gasteiger partial charge in [0, 0.05) is 18.0 Å². The van der Waals surface area contributed by atoms with Crippen LogP contribution in [0.5, 0.6) is 0 Å². The third kappa shape index (κ3) is 3.44. The van der Waals surface area contributed by atoms with Gasteiger partial charge in [-0.3, -0.25) is 0 Å². The Labute approximate surface area is 135 Å². The lowest BCUT2D eigenvalue weighted by Gasteiger charge is -2.20. The van der Waals surface area contributed by atoms with Gasteiger partial charge in [0.1, 0.15) is 0 Å². The largest absolute Gasteiger partial charge is 0.376 e. The molecule has 2 amide bonds. The Bertz CT molecular complexity index is 691. The number of anilines is 1. The number of pyridine rings is 1. The minimum absolute atomic E-state index is 0.0159. The maximum absolute atomic E-state index is 12.1. The standard InChI is InChI=1S/C16H23N5O2/c1-10(2)21-15-12(8-18-21)7-13(9-17-15)20-16(22)19-11(3)14-5-4-6-23-14/h7-11,14H,4-6H2,1-3H3,(H2,19,20,22)/t11-,14+/m1/s1. The summed E-state index contributed by atoms with van der Waals surface area (Å²) in [5.41, 5.74) is 1.47. The van der Waals surface area contributed by atoms with Gasteiger partial charge in [0.05, 0.1) is 30.2 Å². The van der Waals surface area contributed by atoms with Crippen LogP contribution in [0.15, 0.2) is 18.5 Å². The Morgan fingerprint density at radius 1 is 1.39 bits per heavy atom. The van der Waals surface area contributed by atoms with Crippen molar-refractivity contribution in [2.45, 2.75) is 51.8 Å². The van der Waals surface area contributed by atoms with Crippen molar-refractivity contribution in [1.82, 2.24) is 20.1 Å². The van der Waals surface area contributed by atoms with Gasteiger partial charge in [0.15, 0.2) is 5.65 Å². The highest BCUT2D eigenvalue weighted by Crippen LogP contribution is 2.19. The molecule has 3 rings (SSSR count). The molecule has 0 aromatic carbocycles. The Hall–Kier alpha value is -2.15. The van der Waals surface area contributed by atoms with Crippen molar-refractivity contribution in [2.24, 2.45) is 0 Å². The maximum Gasteiger partial charge on any atom is 0.319 e. The first-order valence-corrected chi connectivity index (χ1v) is 8.07. The summed E-state index contributed by atoms with van der Waals surface area (Å²) >= 11 is 0. The molecular weight excluding hydrogens is 294 g/mol. The number of hydrogen-bond donors (Lipinski definition) is 2. The molecule has 0 bridgehead atoms. The van der Waals surface area contributed by atoms with Crippen molar-refractivity contribution < 1.29 is 9.53 Å². The number of fused-ring (bicyclic) bond motifs is 1. The molecule has 2 atom stereocenters. The Kier molecular flexibility index (Phi) is 4.47. The highest BCUT2D eigenvalue weighted by Gasteiger charge is 2.23. The summed E-state index contributed by atoms with van der Waals surface area (Å²) in [5.74, 6) is 0. The molecule has 124 valence electrons. The van der Waals surface area contributed by atoms with E-state index in [9.17, 15) is 4.79 Å². The topological polar surface area (TPSA) is 81.1 Å². The highest BCUT2D eigenvalue weighted by molar-refractivity contribution is 5.91. The first kappa shape index (κ1) is 15.7. The van der Waals surface area contributed by atoms with Crippen LogP contribution in [-0.2, 0) is 4.74 Å². The summed E-state index contributed by atoms with van der Waals surface area (Å²) in [5, 5.41) is 11.0. The number of carbonyl (C=O) groups is 1. The average Bonchev–Trinajstić information content (AvgIpc) is 3.16. The van der Waals surface area contributed by atoms with Crippen LogP contribution < -0.4 is 10.6 Å². The van der Waals surface area contributed by atoms with Crippen LogP contribution in [0.25, 0.3) is 11.0 Å². The molecule has 0 spiro atoms. The molecule has 3 heterocycles. The first-order valence-electron chi connectivity index (χ1n) is 8.07. The van der Waals surface area contributed by atoms with Gasteiger partial charge in [-0.05, 0) is 39.7 Å². The Morgan fingerprint density at radius 2 is 2.22 bits per heavy atom. The van der Waals surface area contributed by atoms with Crippen molar-refractivity contribution in [1.29, 1.82) is 0 Å². The summed E-state index contributed by atoms with van der Waals surface area (Å²) in [6, 6.07) is 1.86. The Balaban J connectivity index is 1.65. The van der Waals surface area contributed by atoms with Crippen LogP contribution in [0.3, 0.4) is 0 Å². The molecule has 0 radical (unpaired) electrons. The van der Waals surface area contributed by atoms with Gasteiger partial charge in [-0.15, -0.1) is 0 Å². The third-order valence-electron chi connectivity index (χ3n) is 4.06. The van der Waals surface area contributed by atoms with E-state index in [-0.39, 0.29) is 24.2 Å². The second-order valence-corrected chi connectivity index (χ2v) is 6.26. The molecule has 7 nitrogen and oxygen atoms in total. The van der Waals surface area contributed by atoms with Gasteiger partial charge < -0.3 is 15.4 Å². The third-order valence-corrected chi connectivity index (χ3v) is 4.06. The summed E-state index contributed by atoms with van der Waals surface area (Å²) in [7, 11) is 0. The number of rotatable bonds is 4. The zero-order valence-corrected chi connectivity index (χ0v) is 13.7. The predicted octanol–water partition coefficient (Wildman–Crippen LogP) is 2.70. The number of nitrogens with zero attached hydrogens (tertiary/aromatic N) is 3. The van der Waals surface area contributed by atoms with Crippen LogP contribution in [0.2, 0.25) is 0 Å². The van der Waals surface area contributed by atoms with E-state index >= 15 is 0 Å². The smallest absolute Gasteiger partial charge is 0.319 e. The van der Waals surface area contributed by atoms with E-state index in [4.69, 9.17) is 4.74 Å². The van der Waals surface area contributed by atoms with E-state index in [2.05, 4.69) is 34.6 Å². The Morgan fingerprint density at radius 3 is 2.91 bits per heavy atom. The van der Waals surface area contributed by atoms with Crippen molar-refractivity contribution in [3.05, 3.63) is 18.5 Å². The summed E-state index contributed by atoms with van der Waals surface area (Å²) in [6.07, 6.45) is 5.56. The van der Waals surface area contributed by atoms with Crippen molar-refractivity contribution >= 4 is 22.8 Å². The second kappa shape index (κ2) is 6.54. The number of hydrogen-bond acceptors (Lipinski definition) is 4. The number of nitrogens with one attached hydrogen (secondary N) is 2. The lowest BCUT2D eigenvalue weighted by molar-refractivity contribution is 0.0868. The van der Waals surface area contributed by atoms with Crippen LogP contribution in [0, 0.1) is 0 Å². The molecule has 2 N–H and O–H groups in total. The lowest BCUT2D eigenvalue weighted by Crippen LogP contribution is -2.42. The fourth-order valence-corrected chi connectivity index (χ4v) is 2.85. The van der Waals surface area contributed by atoms with Gasteiger partial charge >= 0.3 is 6.03 Å². The normalized spacial score (nSPS) is 19.2. The summed E-state index contributed by atoms with van der Waals surface area (Å²) in [4.78, 5) is 16.5. The zero-order valence-electron chi connectivity index (χ0n) is 13.7. The molecule has 0 unspecified atom stereocenters. The highest BCUT2D eigenvalue weighted by atomic mass is 16.5. The minimum atomic E-state index is -0.245. The molecule has 1 saturated heterocycles. The van der Waals surface area contributed by atoms with Gasteiger partial charge in [-0.25, -0.2) is 14.5 Å². The monoisotopic (exact) mass is 317 g/mol. The van der Waals surface area contributed by atoms with Crippen LogP contribution in [-0.4, -0.2) is 39.5 Å². The summed E-state index contributed by atoms with van der Waals surface area (Å²) < 4.78 is 7.44. The first-order chi connectivity index (χ1) is 11.0. The van der Waals surface area contributed by atoms with Crippen LogP contribution in [0.4, 0.5) is 10.5 Å². The SMILES string of the molecule is CC(C)n1ncc2cc(NC(=O)N[C@H](C)[C@@H]3CCCO3)cnc21. The molecule has 0 aliphatic carbocycles. The number of urea groups is 1. The van der Waals surface area contributed by atoms with Gasteiger partial charge in [0.2, 0.25) is 0 Å². The lowest BCUT2D eigenvalue weighted by atomic mass is 10.1. The van der Waals surface area contributed by atoms with Crippen molar-refractivity contribution in [3.8, 4) is 0 Å². The molecule has 1 fully saturated rings. The maximum atomic E-state index is 12.1. The molecule has 23 heavy (non-hydrogen) atoms. The van der Waals surface area contributed by atoms with E-state index in [1.807, 2.05) is 17.7 Å². The fraction of sp³-hybridized carbons (Fsp3) is 0.562. The molecular formula is C16H23N5O2. The molecule has 0 saturated carbocycles. The van der Waals surface area contributed by atoms with Crippen LogP contribution in [0.1, 0.15) is 39.7 Å². The van der Waals surface area contributed by atoms with Gasteiger partial charge in [-0.2, -0.15) is 5.10 Å². The average molecular weight is 317 g/mol. The molecule has 7 heteroatoms. The number of ether oxygens (including phenoxy) is 1. The number of carbonyl (C=O) groups excluding carboxylic acids is 1. The van der Waals surface area contributed by atoms with Gasteiger partial charge in [-0.1, -0.05) is 0 Å². The molecule has 1 aliphatic rings. The van der Waals surface area contributed by atoms with Crippen molar-refractivity contribution in [3.63, 3.8) is 0 Å². The van der Waals surface area contributed by atoms with E-state index in [1.165, 1.54) is 0 Å². The fourth-order valence-electron chi connectivity index (χ4n) is 2.85. The number of amides is 2.